The Morgan fingerprint density at radius 2 is 1.92 bits per heavy atom. The minimum absolute atomic E-state index is 0.0566. The predicted octanol–water partition coefficient (Wildman–Crippen LogP) is -1.12. The molecule has 0 saturated carbocycles. The number of thiazole rings is 1. The van der Waals surface area contributed by atoms with Crippen molar-refractivity contribution in [3.05, 3.63) is 47.7 Å². The van der Waals surface area contributed by atoms with Gasteiger partial charge in [-0.05, 0) is 38.1 Å². The van der Waals surface area contributed by atoms with Gasteiger partial charge in [0.15, 0.2) is 17.4 Å². The third-order valence-corrected chi connectivity index (χ3v) is 8.10. The molecule has 1 saturated heterocycles. The Labute approximate surface area is 278 Å². The van der Waals surface area contributed by atoms with E-state index in [-0.39, 0.29) is 10.8 Å². The number of nitrogens with zero attached hydrogens (tertiary/aromatic N) is 5. The first kappa shape index (κ1) is 36.2. The molecule has 0 bridgehead atoms. The predicted molar refractivity (Wildman–Crippen MR) is 169 cm³/mol. The van der Waals surface area contributed by atoms with Crippen LogP contribution in [0, 0.1) is 0 Å². The Morgan fingerprint density at radius 1 is 1.21 bits per heavy atom. The number of nitrogen functional groups attached to an aromatic ring is 1. The van der Waals surface area contributed by atoms with E-state index in [0.717, 1.165) is 35.4 Å². The molecule has 3 heterocycles. The zero-order chi connectivity index (χ0) is 35.2. The van der Waals surface area contributed by atoms with Crippen LogP contribution in [-0.2, 0) is 47.0 Å². The van der Waals surface area contributed by atoms with Gasteiger partial charge in [-0.1, -0.05) is 17.3 Å². The molecule has 4 rings (SSSR count). The van der Waals surface area contributed by atoms with E-state index >= 15 is 0 Å². The summed E-state index contributed by atoms with van der Waals surface area (Å²) < 4.78 is 45.1. The van der Waals surface area contributed by atoms with Crippen LogP contribution in [-0.4, -0.2) is 93.7 Å². The number of oxime groups is 1. The molecule has 3 aromatic rings. The number of rotatable bonds is 17. The number of nitrogens with one attached hydrogen (secondary N) is 1. The summed E-state index contributed by atoms with van der Waals surface area (Å²) in [7, 11) is -5.02. The number of aliphatic carboxylic acids is 1. The van der Waals surface area contributed by atoms with Crippen molar-refractivity contribution in [2.45, 2.75) is 51.0 Å². The highest BCUT2D eigenvalue weighted by molar-refractivity contribution is 7.80. The lowest BCUT2D eigenvalue weighted by Gasteiger charge is -2.50. The van der Waals surface area contributed by atoms with Crippen LogP contribution in [0.25, 0.3) is 11.1 Å². The van der Waals surface area contributed by atoms with Crippen LogP contribution in [0.5, 0.6) is 5.75 Å². The number of hydrogen-bond acceptors (Lipinski definition) is 14. The molecule has 2 amide bonds. The maximum absolute atomic E-state index is 13.2. The minimum atomic E-state index is -5.02. The SMILES string of the molecule is CC1(C)C(NC(=O)/C(=N\O[C@@H](COc2ccc(-c3cn(CCN)[n+](CCCN)c3)cc2)C(=O)O)c2csc(N)n2)C(=O)N1OS(=O)(=O)O. The summed E-state index contributed by atoms with van der Waals surface area (Å²) in [6.07, 6.45) is 3.08. The monoisotopic (exact) mass is 710 g/mol. The Kier molecular flexibility index (Phi) is 11.3. The Hall–Kier alpha value is -4.67. The van der Waals surface area contributed by atoms with Gasteiger partial charge in [0.25, 0.3) is 17.9 Å². The van der Waals surface area contributed by atoms with Crippen molar-refractivity contribution in [1.29, 1.82) is 0 Å². The van der Waals surface area contributed by atoms with Gasteiger partial charge in [-0.25, -0.2) is 9.78 Å². The number of benzene rings is 1. The number of carboxylic acid groups (broad SMARTS) is 1. The van der Waals surface area contributed by atoms with E-state index in [4.69, 9.17) is 31.3 Å². The number of ether oxygens (including phenoxy) is 1. The van der Waals surface area contributed by atoms with Crippen LogP contribution >= 0.6 is 11.3 Å². The van der Waals surface area contributed by atoms with Gasteiger partial charge >= 0.3 is 16.4 Å². The van der Waals surface area contributed by atoms with Gasteiger partial charge in [-0.3, -0.25) is 14.1 Å². The van der Waals surface area contributed by atoms with Gasteiger partial charge in [0, 0.05) is 18.3 Å². The van der Waals surface area contributed by atoms with Crippen LogP contribution in [0.1, 0.15) is 26.0 Å². The van der Waals surface area contributed by atoms with Crippen molar-refractivity contribution >= 4 is 50.4 Å². The molecule has 0 aliphatic carbocycles. The Balaban J connectivity index is 1.45. The summed E-state index contributed by atoms with van der Waals surface area (Å²) in [6.45, 7) is 4.60. The van der Waals surface area contributed by atoms with Gasteiger partial charge in [0.2, 0.25) is 6.20 Å². The van der Waals surface area contributed by atoms with Crippen molar-refractivity contribution in [2.24, 2.45) is 16.6 Å². The summed E-state index contributed by atoms with van der Waals surface area (Å²) >= 11 is 0.957. The lowest BCUT2D eigenvalue weighted by atomic mass is 9.84. The lowest BCUT2D eigenvalue weighted by Crippen LogP contribution is -2.76. The molecule has 260 valence electrons. The van der Waals surface area contributed by atoms with E-state index in [9.17, 15) is 27.9 Å². The summed E-state index contributed by atoms with van der Waals surface area (Å²) in [5.74, 6) is -3.14. The molecule has 0 radical (unpaired) electrons. The van der Waals surface area contributed by atoms with Crippen molar-refractivity contribution < 1.29 is 51.0 Å². The van der Waals surface area contributed by atoms with E-state index < -0.39 is 58.2 Å². The van der Waals surface area contributed by atoms with Gasteiger partial charge in [0.1, 0.15) is 24.1 Å². The summed E-state index contributed by atoms with van der Waals surface area (Å²) in [5.41, 5.74) is 16.9. The topological polar surface area (TPSA) is 281 Å². The Bertz CT molecular complexity index is 1770. The van der Waals surface area contributed by atoms with Gasteiger partial charge < -0.3 is 37.2 Å². The third kappa shape index (κ3) is 8.62. The molecule has 9 N–H and O–H groups in total. The number of carbonyl (C=O) groups excluding carboxylic acids is 2. The summed E-state index contributed by atoms with van der Waals surface area (Å²) in [6, 6.07) is 5.60. The molecule has 2 aromatic heterocycles. The molecule has 48 heavy (non-hydrogen) atoms. The first-order valence-electron chi connectivity index (χ1n) is 14.4. The van der Waals surface area contributed by atoms with Crippen molar-refractivity contribution in [3.8, 4) is 16.9 Å². The number of carboxylic acids is 1. The molecule has 1 aromatic carbocycles. The fraction of sp³-hybridized carbons (Fsp3) is 0.407. The maximum Gasteiger partial charge on any atom is 0.418 e. The van der Waals surface area contributed by atoms with E-state index in [1.54, 1.807) is 24.3 Å². The number of nitrogens with two attached hydrogens (primary N) is 3. The van der Waals surface area contributed by atoms with Crippen LogP contribution < -0.4 is 31.9 Å². The van der Waals surface area contributed by atoms with Gasteiger partial charge in [0.05, 0.1) is 23.8 Å². The average Bonchev–Trinajstić information content (AvgIpc) is 3.64. The average molecular weight is 711 g/mol. The van der Waals surface area contributed by atoms with Gasteiger partial charge in [-0.15, -0.1) is 20.3 Å². The molecule has 0 spiro atoms. The van der Waals surface area contributed by atoms with Gasteiger partial charge in [-0.2, -0.15) is 18.2 Å². The first-order chi connectivity index (χ1) is 22.6. The molecule has 1 aliphatic rings. The molecular formula is C27H36N9O10S2+. The highest BCUT2D eigenvalue weighted by Gasteiger charge is 2.58. The quantitative estimate of drug-likeness (QED) is 0.0318. The molecule has 1 aliphatic heterocycles. The molecule has 1 unspecified atom stereocenters. The van der Waals surface area contributed by atoms with Crippen molar-refractivity contribution in [2.75, 3.05) is 25.4 Å². The number of hydrogen-bond donors (Lipinski definition) is 6. The highest BCUT2D eigenvalue weighted by atomic mass is 32.3. The van der Waals surface area contributed by atoms with E-state index in [2.05, 4.69) is 19.7 Å². The van der Waals surface area contributed by atoms with Crippen molar-refractivity contribution in [3.63, 3.8) is 0 Å². The second-order valence-corrected chi connectivity index (χ2v) is 12.8. The normalized spacial score (nSPS) is 16.7. The zero-order valence-electron chi connectivity index (χ0n) is 25.9. The van der Waals surface area contributed by atoms with Crippen LogP contribution in [0.15, 0.2) is 47.2 Å². The third-order valence-electron chi connectivity index (χ3n) is 7.09. The summed E-state index contributed by atoms with van der Waals surface area (Å²) in [5, 5.41) is 17.6. The summed E-state index contributed by atoms with van der Waals surface area (Å²) in [4.78, 5) is 46.9. The largest absolute Gasteiger partial charge is 0.489 e. The van der Waals surface area contributed by atoms with E-state index in [1.807, 2.05) is 21.8 Å². The molecule has 19 nitrogen and oxygen atoms in total. The standard InChI is InChI=1S/C27H35N9O10S2/c1-27(2)22(24(38)36(27)46-48(41,42)43)32-23(37)21(19-15-47-26(30)31-19)33-45-20(25(39)40)14-44-18-6-4-16(5-7-18)17-12-34(10-3-8-28)35(13-17)11-9-29/h4-7,12-13,15,20,22H,3,8-11,14,28-29H2,1-2H3,(H4-,30,31,32,37,39,40,41,42,43)/p+1/b33-21-/t20-,22?/m0/s1. The fourth-order valence-corrected chi connectivity index (χ4v) is 5.62. The lowest BCUT2D eigenvalue weighted by molar-refractivity contribution is -0.775. The molecule has 2 atom stereocenters. The first-order valence-corrected chi connectivity index (χ1v) is 16.6. The number of anilines is 1. The number of β-lactam (4-membered cyclic amide) rings is 1. The molecule has 1 fully saturated rings. The number of amides is 2. The van der Waals surface area contributed by atoms with Crippen LogP contribution in [0.4, 0.5) is 5.13 Å². The second-order valence-electron chi connectivity index (χ2n) is 10.9. The maximum atomic E-state index is 13.2. The van der Waals surface area contributed by atoms with E-state index in [0.29, 0.717) is 30.4 Å². The highest BCUT2D eigenvalue weighted by Crippen LogP contribution is 2.33. The van der Waals surface area contributed by atoms with Crippen LogP contribution in [0.2, 0.25) is 0 Å². The fourth-order valence-electron chi connectivity index (χ4n) is 4.62. The second kappa shape index (κ2) is 15.0. The number of aromatic nitrogens is 3. The number of hydroxylamine groups is 2. The molecular weight excluding hydrogens is 674 g/mol. The molecule has 21 heteroatoms. The zero-order valence-corrected chi connectivity index (χ0v) is 27.5. The van der Waals surface area contributed by atoms with Crippen molar-refractivity contribution in [1.82, 2.24) is 20.0 Å². The number of aryl methyl sites for hydroxylation is 1. The van der Waals surface area contributed by atoms with E-state index in [1.165, 1.54) is 19.2 Å². The van der Waals surface area contributed by atoms with Crippen LogP contribution in [0.3, 0.4) is 0 Å². The Morgan fingerprint density at radius 3 is 2.48 bits per heavy atom. The minimum Gasteiger partial charge on any atom is -0.489 e. The smallest absolute Gasteiger partial charge is 0.418 e. The number of carbonyl (C=O) groups is 3.